The summed E-state index contributed by atoms with van der Waals surface area (Å²) in [7, 11) is 1.97. The maximum Gasteiger partial charge on any atom is 0.237 e. The van der Waals surface area contributed by atoms with Crippen molar-refractivity contribution in [3.8, 4) is 0 Å². The predicted molar refractivity (Wildman–Crippen MR) is 87.5 cm³/mol. The summed E-state index contributed by atoms with van der Waals surface area (Å²) < 4.78 is 0. The topological polar surface area (TPSA) is 65.1 Å². The average molecular weight is 313 g/mol. The van der Waals surface area contributed by atoms with Crippen molar-refractivity contribution in [2.75, 3.05) is 20.1 Å². The summed E-state index contributed by atoms with van der Waals surface area (Å²) in [6, 6.07) is 6.05. The second kappa shape index (κ2) is 7.37. The van der Waals surface area contributed by atoms with E-state index in [0.29, 0.717) is 6.54 Å². The van der Waals surface area contributed by atoms with E-state index in [-0.39, 0.29) is 11.9 Å². The Hall–Kier alpha value is -2.21. The molecule has 1 N–H and O–H groups in total. The van der Waals surface area contributed by atoms with Crippen molar-refractivity contribution in [2.24, 2.45) is 0 Å². The van der Waals surface area contributed by atoms with Crippen LogP contribution in [0.4, 0.5) is 0 Å². The molecule has 1 fully saturated rings. The van der Waals surface area contributed by atoms with Gasteiger partial charge >= 0.3 is 0 Å². The number of carbonyl (C=O) groups is 1. The Morgan fingerprint density at radius 1 is 1.39 bits per heavy atom. The Morgan fingerprint density at radius 3 is 3.04 bits per heavy atom. The molecular weight excluding hydrogens is 290 g/mol. The summed E-state index contributed by atoms with van der Waals surface area (Å²) in [4.78, 5) is 20.9. The Kier molecular flexibility index (Phi) is 5.02. The van der Waals surface area contributed by atoms with Crippen molar-refractivity contribution in [2.45, 2.75) is 31.8 Å². The molecule has 6 heteroatoms. The van der Waals surface area contributed by atoms with Crippen LogP contribution in [-0.4, -0.2) is 51.0 Å². The Labute approximate surface area is 136 Å². The van der Waals surface area contributed by atoms with Gasteiger partial charge in [-0.2, -0.15) is 5.10 Å². The average Bonchev–Trinajstić information content (AvgIpc) is 3.10. The lowest BCUT2D eigenvalue weighted by Crippen LogP contribution is -2.43. The maximum atomic E-state index is 12.7. The van der Waals surface area contributed by atoms with E-state index < -0.39 is 0 Å². The molecule has 0 unspecified atom stereocenters. The summed E-state index contributed by atoms with van der Waals surface area (Å²) in [6.07, 6.45) is 8.58. The first kappa shape index (κ1) is 15.7. The fraction of sp³-hybridized carbons (Fsp3) is 0.471. The van der Waals surface area contributed by atoms with Crippen LogP contribution in [0.3, 0.4) is 0 Å². The number of nitrogens with one attached hydrogen (secondary N) is 1. The summed E-state index contributed by atoms with van der Waals surface area (Å²) in [5.74, 6) is 0.177. The third-order valence-corrected chi connectivity index (χ3v) is 4.28. The molecule has 1 amide bonds. The molecular formula is C17H23N5O. The van der Waals surface area contributed by atoms with E-state index in [0.717, 1.165) is 43.6 Å². The fourth-order valence-corrected chi connectivity index (χ4v) is 3.19. The SMILES string of the molecule is CN(CC(=O)N1CCCC[C@@H]1c1ccn[nH]1)Cc1cccnc1. The van der Waals surface area contributed by atoms with Crippen molar-refractivity contribution in [3.05, 3.63) is 48.0 Å². The molecule has 1 saturated heterocycles. The molecule has 2 aromatic heterocycles. The summed E-state index contributed by atoms with van der Waals surface area (Å²) in [5.41, 5.74) is 2.15. The third kappa shape index (κ3) is 3.96. The number of nitrogens with zero attached hydrogens (tertiary/aromatic N) is 4. The van der Waals surface area contributed by atoms with Gasteiger partial charge < -0.3 is 4.90 Å². The lowest BCUT2D eigenvalue weighted by molar-refractivity contribution is -0.136. The lowest BCUT2D eigenvalue weighted by Gasteiger charge is -2.36. The molecule has 0 aliphatic carbocycles. The number of carbonyl (C=O) groups excluding carboxylic acids is 1. The number of pyridine rings is 1. The van der Waals surface area contributed by atoms with Crippen LogP contribution in [0.5, 0.6) is 0 Å². The van der Waals surface area contributed by atoms with E-state index in [1.807, 2.05) is 41.2 Å². The molecule has 0 spiro atoms. The molecule has 0 radical (unpaired) electrons. The molecule has 2 aromatic rings. The number of amides is 1. The molecule has 1 aliphatic rings. The molecule has 3 heterocycles. The minimum Gasteiger partial charge on any atom is -0.333 e. The summed E-state index contributed by atoms with van der Waals surface area (Å²) in [6.45, 7) is 1.96. The first-order valence-corrected chi connectivity index (χ1v) is 8.10. The number of likely N-dealkylation sites (N-methyl/N-ethyl adjacent to an activating group) is 1. The standard InChI is InChI=1S/C17H23N5O/c1-21(12-14-5-4-8-18-11-14)13-17(23)22-10-3-2-6-16(22)15-7-9-19-20-15/h4-5,7-9,11,16H,2-3,6,10,12-13H2,1H3,(H,19,20)/t16-/m1/s1. The molecule has 1 atom stereocenters. The van der Waals surface area contributed by atoms with Crippen LogP contribution in [0.2, 0.25) is 0 Å². The largest absolute Gasteiger partial charge is 0.333 e. The maximum absolute atomic E-state index is 12.7. The van der Waals surface area contributed by atoms with E-state index in [1.165, 1.54) is 0 Å². The third-order valence-electron chi connectivity index (χ3n) is 4.28. The Balaban J connectivity index is 1.61. The monoisotopic (exact) mass is 313 g/mol. The van der Waals surface area contributed by atoms with Gasteiger partial charge in [0.15, 0.2) is 0 Å². The van der Waals surface area contributed by atoms with E-state index >= 15 is 0 Å². The van der Waals surface area contributed by atoms with Crippen LogP contribution >= 0.6 is 0 Å². The highest BCUT2D eigenvalue weighted by Gasteiger charge is 2.29. The predicted octanol–water partition coefficient (Wildman–Crippen LogP) is 1.99. The van der Waals surface area contributed by atoms with E-state index in [4.69, 9.17) is 0 Å². The highest BCUT2D eigenvalue weighted by atomic mass is 16.2. The van der Waals surface area contributed by atoms with Crippen LogP contribution in [0.25, 0.3) is 0 Å². The number of rotatable bonds is 5. The second-order valence-corrected chi connectivity index (χ2v) is 6.14. The molecule has 0 aromatic carbocycles. The van der Waals surface area contributed by atoms with Crippen LogP contribution in [0.15, 0.2) is 36.8 Å². The molecule has 0 bridgehead atoms. The van der Waals surface area contributed by atoms with Crippen molar-refractivity contribution in [1.82, 2.24) is 25.0 Å². The van der Waals surface area contributed by atoms with Crippen molar-refractivity contribution in [3.63, 3.8) is 0 Å². The molecule has 23 heavy (non-hydrogen) atoms. The second-order valence-electron chi connectivity index (χ2n) is 6.14. The van der Waals surface area contributed by atoms with Gasteiger partial charge in [0.2, 0.25) is 5.91 Å². The van der Waals surface area contributed by atoms with Crippen LogP contribution in [0.1, 0.15) is 36.6 Å². The van der Waals surface area contributed by atoms with Gasteiger partial charge in [-0.05, 0) is 44.0 Å². The van der Waals surface area contributed by atoms with Crippen molar-refractivity contribution < 1.29 is 4.79 Å². The van der Waals surface area contributed by atoms with Crippen LogP contribution < -0.4 is 0 Å². The summed E-state index contributed by atoms with van der Waals surface area (Å²) in [5, 5.41) is 7.05. The summed E-state index contributed by atoms with van der Waals surface area (Å²) >= 11 is 0. The highest BCUT2D eigenvalue weighted by Crippen LogP contribution is 2.29. The minimum absolute atomic E-state index is 0.130. The smallest absolute Gasteiger partial charge is 0.237 e. The first-order chi connectivity index (χ1) is 11.2. The zero-order chi connectivity index (χ0) is 16.1. The molecule has 6 nitrogen and oxygen atoms in total. The zero-order valence-electron chi connectivity index (χ0n) is 13.5. The quantitative estimate of drug-likeness (QED) is 0.917. The number of H-pyrrole nitrogens is 1. The van der Waals surface area contributed by atoms with Crippen LogP contribution in [0, 0.1) is 0 Å². The van der Waals surface area contributed by atoms with Gasteiger partial charge in [-0.3, -0.25) is 19.8 Å². The number of aromatic amines is 1. The van der Waals surface area contributed by atoms with E-state index in [1.54, 1.807) is 12.4 Å². The van der Waals surface area contributed by atoms with Gasteiger partial charge in [-0.15, -0.1) is 0 Å². The fourth-order valence-electron chi connectivity index (χ4n) is 3.19. The van der Waals surface area contributed by atoms with Gasteiger partial charge in [-0.1, -0.05) is 6.07 Å². The normalized spacial score (nSPS) is 18.3. The number of hydrogen-bond donors (Lipinski definition) is 1. The van der Waals surface area contributed by atoms with Gasteiger partial charge in [0.1, 0.15) is 0 Å². The van der Waals surface area contributed by atoms with E-state index in [9.17, 15) is 4.79 Å². The number of likely N-dealkylation sites (tertiary alicyclic amines) is 1. The zero-order valence-corrected chi connectivity index (χ0v) is 13.5. The molecule has 1 aliphatic heterocycles. The first-order valence-electron chi connectivity index (χ1n) is 8.10. The van der Waals surface area contributed by atoms with Crippen LogP contribution in [-0.2, 0) is 11.3 Å². The van der Waals surface area contributed by atoms with Gasteiger partial charge in [0, 0.05) is 31.7 Å². The molecule has 0 saturated carbocycles. The van der Waals surface area contributed by atoms with Gasteiger partial charge in [-0.25, -0.2) is 0 Å². The number of piperidine rings is 1. The number of aromatic nitrogens is 3. The lowest BCUT2D eigenvalue weighted by atomic mass is 9.99. The minimum atomic E-state index is 0.130. The van der Waals surface area contributed by atoms with Crippen molar-refractivity contribution >= 4 is 5.91 Å². The van der Waals surface area contributed by atoms with Gasteiger partial charge in [0.25, 0.3) is 0 Å². The Morgan fingerprint density at radius 2 is 2.30 bits per heavy atom. The van der Waals surface area contributed by atoms with Gasteiger partial charge in [0.05, 0.1) is 18.3 Å². The molecule has 3 rings (SSSR count). The van der Waals surface area contributed by atoms with Crippen molar-refractivity contribution in [1.29, 1.82) is 0 Å². The Bertz CT molecular complexity index is 613. The molecule has 122 valence electrons. The van der Waals surface area contributed by atoms with E-state index in [2.05, 4.69) is 15.2 Å². The number of hydrogen-bond acceptors (Lipinski definition) is 4. The highest BCUT2D eigenvalue weighted by molar-refractivity contribution is 5.78.